The second kappa shape index (κ2) is 8.79. The number of rotatable bonds is 5. The fraction of sp³-hybridized carbons (Fsp3) is 0.455. The third-order valence-corrected chi connectivity index (χ3v) is 5.96. The predicted octanol–water partition coefficient (Wildman–Crippen LogP) is 1.68. The number of hydrogen-bond donors (Lipinski definition) is 2. The number of anilines is 2. The highest BCUT2D eigenvalue weighted by Crippen LogP contribution is 2.27. The van der Waals surface area contributed by atoms with Gasteiger partial charge in [-0.25, -0.2) is 4.98 Å². The lowest BCUT2D eigenvalue weighted by atomic mass is 9.92. The SMILES string of the molecule is CCC1Cc2cnc(CN3CCN(c4ccc(C(=O)NC)nc4)CC3)cc2NC1=O. The number of nitrogens with one attached hydrogen (secondary N) is 2. The van der Waals surface area contributed by atoms with Gasteiger partial charge in [-0.15, -0.1) is 0 Å². The Kier molecular flexibility index (Phi) is 5.94. The van der Waals surface area contributed by atoms with Gasteiger partial charge in [-0.05, 0) is 36.6 Å². The molecule has 2 aliphatic heterocycles. The molecule has 0 spiro atoms. The molecule has 8 heteroatoms. The van der Waals surface area contributed by atoms with E-state index in [1.165, 1.54) is 0 Å². The first kappa shape index (κ1) is 20.3. The number of carbonyl (C=O) groups is 2. The Morgan fingerprint density at radius 2 is 2.00 bits per heavy atom. The van der Waals surface area contributed by atoms with Gasteiger partial charge in [0.2, 0.25) is 5.91 Å². The summed E-state index contributed by atoms with van der Waals surface area (Å²) >= 11 is 0. The molecular weight excluding hydrogens is 380 g/mol. The topological polar surface area (TPSA) is 90.5 Å². The van der Waals surface area contributed by atoms with Gasteiger partial charge < -0.3 is 15.5 Å². The van der Waals surface area contributed by atoms with Crippen LogP contribution in [-0.2, 0) is 17.8 Å². The molecule has 1 saturated heterocycles. The van der Waals surface area contributed by atoms with Crippen LogP contribution < -0.4 is 15.5 Å². The van der Waals surface area contributed by atoms with Gasteiger partial charge in [-0.2, -0.15) is 0 Å². The number of pyridine rings is 2. The van der Waals surface area contributed by atoms with Gasteiger partial charge in [0.15, 0.2) is 0 Å². The number of aromatic nitrogens is 2. The van der Waals surface area contributed by atoms with E-state index in [1.807, 2.05) is 25.3 Å². The van der Waals surface area contributed by atoms with E-state index >= 15 is 0 Å². The third-order valence-electron chi connectivity index (χ3n) is 5.96. The molecule has 4 heterocycles. The second-order valence-corrected chi connectivity index (χ2v) is 7.88. The minimum atomic E-state index is -0.176. The minimum Gasteiger partial charge on any atom is -0.368 e. The molecule has 2 amide bonds. The van der Waals surface area contributed by atoms with Crippen LogP contribution >= 0.6 is 0 Å². The summed E-state index contributed by atoms with van der Waals surface area (Å²) in [7, 11) is 1.60. The van der Waals surface area contributed by atoms with Crippen molar-refractivity contribution in [3.8, 4) is 0 Å². The summed E-state index contributed by atoms with van der Waals surface area (Å²) in [6.45, 7) is 6.42. The largest absolute Gasteiger partial charge is 0.368 e. The molecule has 1 fully saturated rings. The molecule has 0 radical (unpaired) electrons. The first-order valence-electron chi connectivity index (χ1n) is 10.5. The second-order valence-electron chi connectivity index (χ2n) is 7.88. The van der Waals surface area contributed by atoms with Crippen molar-refractivity contribution in [3.05, 3.63) is 47.5 Å². The van der Waals surface area contributed by atoms with Gasteiger partial charge in [-0.3, -0.25) is 19.5 Å². The van der Waals surface area contributed by atoms with Crippen LogP contribution in [0.4, 0.5) is 11.4 Å². The molecule has 2 aliphatic rings. The van der Waals surface area contributed by atoms with E-state index < -0.39 is 0 Å². The van der Waals surface area contributed by atoms with E-state index in [-0.39, 0.29) is 17.7 Å². The smallest absolute Gasteiger partial charge is 0.269 e. The van der Waals surface area contributed by atoms with E-state index in [2.05, 4.69) is 30.4 Å². The molecular formula is C22H28N6O2. The minimum absolute atomic E-state index is 0.0538. The highest BCUT2D eigenvalue weighted by Gasteiger charge is 2.25. The molecule has 0 bridgehead atoms. The van der Waals surface area contributed by atoms with Crippen molar-refractivity contribution in [1.82, 2.24) is 20.2 Å². The lowest BCUT2D eigenvalue weighted by Gasteiger charge is -2.36. The maximum Gasteiger partial charge on any atom is 0.269 e. The summed E-state index contributed by atoms with van der Waals surface area (Å²) in [5.41, 5.74) is 4.48. The van der Waals surface area contributed by atoms with Gasteiger partial charge in [0.05, 0.1) is 17.6 Å². The van der Waals surface area contributed by atoms with Crippen molar-refractivity contribution < 1.29 is 9.59 Å². The van der Waals surface area contributed by atoms with Gasteiger partial charge >= 0.3 is 0 Å². The van der Waals surface area contributed by atoms with E-state index in [1.54, 1.807) is 19.3 Å². The maximum absolute atomic E-state index is 12.2. The van der Waals surface area contributed by atoms with Crippen molar-refractivity contribution in [2.75, 3.05) is 43.4 Å². The zero-order valence-electron chi connectivity index (χ0n) is 17.5. The number of nitrogens with zero attached hydrogens (tertiary/aromatic N) is 4. The monoisotopic (exact) mass is 408 g/mol. The highest BCUT2D eigenvalue weighted by molar-refractivity contribution is 5.95. The Morgan fingerprint density at radius 3 is 2.67 bits per heavy atom. The number of fused-ring (bicyclic) bond motifs is 1. The summed E-state index contributed by atoms with van der Waals surface area (Å²) in [6, 6.07) is 5.73. The summed E-state index contributed by atoms with van der Waals surface area (Å²) < 4.78 is 0. The Hall–Kier alpha value is -3.00. The number of hydrogen-bond acceptors (Lipinski definition) is 6. The molecule has 1 atom stereocenters. The normalized spacial score (nSPS) is 19.2. The number of amides is 2. The molecule has 0 aliphatic carbocycles. The third kappa shape index (κ3) is 4.28. The molecule has 8 nitrogen and oxygen atoms in total. The Balaban J connectivity index is 1.34. The van der Waals surface area contributed by atoms with Crippen LogP contribution in [0, 0.1) is 5.92 Å². The molecule has 0 aromatic carbocycles. The van der Waals surface area contributed by atoms with Crippen LogP contribution in [0.2, 0.25) is 0 Å². The summed E-state index contributed by atoms with van der Waals surface area (Å²) in [5, 5.41) is 5.63. The number of piperazine rings is 1. The van der Waals surface area contributed by atoms with Crippen molar-refractivity contribution >= 4 is 23.2 Å². The molecule has 2 N–H and O–H groups in total. The average Bonchev–Trinajstić information content (AvgIpc) is 2.78. The lowest BCUT2D eigenvalue weighted by molar-refractivity contribution is -0.120. The average molecular weight is 409 g/mol. The van der Waals surface area contributed by atoms with Gasteiger partial charge in [0.1, 0.15) is 5.69 Å². The molecule has 2 aromatic heterocycles. The lowest BCUT2D eigenvalue weighted by Crippen LogP contribution is -2.46. The Bertz CT molecular complexity index is 922. The standard InChI is InChI=1S/C22H28N6O2/c1-3-15-10-16-12-24-17(11-20(16)26-21(15)29)14-27-6-8-28(9-7-27)18-4-5-19(25-13-18)22(30)23-2/h4-5,11-13,15H,3,6-10,14H2,1-2H3,(H,23,30)(H,26,29). The first-order chi connectivity index (χ1) is 14.6. The quantitative estimate of drug-likeness (QED) is 0.782. The van der Waals surface area contributed by atoms with Crippen LogP contribution in [0.3, 0.4) is 0 Å². The molecule has 0 saturated carbocycles. The summed E-state index contributed by atoms with van der Waals surface area (Å²) in [5.74, 6) is -0.00438. The van der Waals surface area contributed by atoms with E-state index in [9.17, 15) is 9.59 Å². The highest BCUT2D eigenvalue weighted by atomic mass is 16.2. The predicted molar refractivity (Wildman–Crippen MR) is 115 cm³/mol. The van der Waals surface area contributed by atoms with Gasteiger partial charge in [0.25, 0.3) is 5.91 Å². The zero-order chi connectivity index (χ0) is 21.1. The fourth-order valence-corrected chi connectivity index (χ4v) is 4.04. The Labute approximate surface area is 176 Å². The van der Waals surface area contributed by atoms with Crippen LogP contribution in [0.1, 0.15) is 35.1 Å². The van der Waals surface area contributed by atoms with E-state index in [0.29, 0.717) is 5.69 Å². The van der Waals surface area contributed by atoms with Crippen molar-refractivity contribution in [3.63, 3.8) is 0 Å². The molecule has 4 rings (SSSR count). The van der Waals surface area contributed by atoms with Crippen molar-refractivity contribution in [1.29, 1.82) is 0 Å². The molecule has 30 heavy (non-hydrogen) atoms. The van der Waals surface area contributed by atoms with Crippen LogP contribution in [-0.4, -0.2) is 59.9 Å². The van der Waals surface area contributed by atoms with Crippen LogP contribution in [0.15, 0.2) is 30.6 Å². The molecule has 1 unspecified atom stereocenters. The summed E-state index contributed by atoms with van der Waals surface area (Å²) in [6.07, 6.45) is 5.30. The first-order valence-corrected chi connectivity index (χ1v) is 10.5. The van der Waals surface area contributed by atoms with E-state index in [0.717, 1.165) is 68.2 Å². The van der Waals surface area contributed by atoms with Gasteiger partial charge in [0, 0.05) is 57.6 Å². The molecule has 2 aromatic rings. The van der Waals surface area contributed by atoms with Crippen molar-refractivity contribution in [2.24, 2.45) is 5.92 Å². The molecule has 158 valence electrons. The van der Waals surface area contributed by atoms with Crippen LogP contribution in [0.25, 0.3) is 0 Å². The van der Waals surface area contributed by atoms with Crippen LogP contribution in [0.5, 0.6) is 0 Å². The van der Waals surface area contributed by atoms with Crippen molar-refractivity contribution in [2.45, 2.75) is 26.3 Å². The van der Waals surface area contributed by atoms with E-state index in [4.69, 9.17) is 0 Å². The number of carbonyl (C=O) groups excluding carboxylic acids is 2. The zero-order valence-corrected chi connectivity index (χ0v) is 17.5. The fourth-order valence-electron chi connectivity index (χ4n) is 4.04. The maximum atomic E-state index is 12.2. The summed E-state index contributed by atoms with van der Waals surface area (Å²) in [4.78, 5) is 37.3. The van der Waals surface area contributed by atoms with Gasteiger partial charge in [-0.1, -0.05) is 6.92 Å². The Morgan fingerprint density at radius 1 is 1.20 bits per heavy atom.